The third kappa shape index (κ3) is 6.02. The van der Waals surface area contributed by atoms with Gasteiger partial charge in [-0.1, -0.05) is 6.07 Å². The molecule has 10 heteroatoms. The van der Waals surface area contributed by atoms with Crippen LogP contribution in [-0.4, -0.2) is 75.1 Å². The van der Waals surface area contributed by atoms with E-state index in [-0.39, 0.29) is 17.2 Å². The van der Waals surface area contributed by atoms with Crippen molar-refractivity contribution in [3.8, 4) is 0 Å². The first-order chi connectivity index (χ1) is 15.3. The quantitative estimate of drug-likeness (QED) is 0.475. The fourth-order valence-electron chi connectivity index (χ4n) is 3.40. The second kappa shape index (κ2) is 10.7. The van der Waals surface area contributed by atoms with Gasteiger partial charge >= 0.3 is 0 Å². The minimum atomic E-state index is -0.554. The Bertz CT molecular complexity index is 988. The van der Waals surface area contributed by atoms with E-state index in [1.807, 2.05) is 19.0 Å². The molecule has 2 amide bonds. The van der Waals surface area contributed by atoms with Gasteiger partial charge in [0.05, 0.1) is 23.7 Å². The zero-order valence-electron chi connectivity index (χ0n) is 18.2. The summed E-state index contributed by atoms with van der Waals surface area (Å²) < 4.78 is 5.33. The van der Waals surface area contributed by atoms with Gasteiger partial charge in [-0.25, -0.2) is 0 Å². The minimum Gasteiger partial charge on any atom is -0.379 e. The number of hydrogen-bond donors (Lipinski definition) is 2. The van der Waals surface area contributed by atoms with Crippen molar-refractivity contribution in [3.63, 3.8) is 0 Å². The second-order valence-electron chi connectivity index (χ2n) is 7.60. The molecular formula is C22H27N5O5. The number of hydrogen-bond acceptors (Lipinski definition) is 7. The summed E-state index contributed by atoms with van der Waals surface area (Å²) in [7, 11) is 3.67. The standard InChI is InChI=1S/C22H27N5O5/c1-25(2)20-7-6-17(24-21(28)16-4-3-5-18(14-16)27(30)31)15-19(20)22(29)23-8-9-26-10-12-32-13-11-26/h3-7,14-15H,8-13H2,1-2H3,(H,23,29)(H,24,28). The Morgan fingerprint density at radius 2 is 1.88 bits per heavy atom. The maximum Gasteiger partial charge on any atom is 0.270 e. The highest BCUT2D eigenvalue weighted by molar-refractivity contribution is 6.06. The molecule has 0 unspecified atom stereocenters. The van der Waals surface area contributed by atoms with Crippen molar-refractivity contribution in [2.24, 2.45) is 0 Å². The number of amides is 2. The fraction of sp³-hybridized carbons (Fsp3) is 0.364. The van der Waals surface area contributed by atoms with Crippen LogP contribution in [0.3, 0.4) is 0 Å². The van der Waals surface area contributed by atoms with Gasteiger partial charge in [-0.05, 0) is 24.3 Å². The average Bonchev–Trinajstić information content (AvgIpc) is 2.79. The number of rotatable bonds is 8. The zero-order chi connectivity index (χ0) is 23.1. The molecule has 3 rings (SSSR count). The summed E-state index contributed by atoms with van der Waals surface area (Å²) in [6.45, 7) is 4.32. The van der Waals surface area contributed by atoms with Crippen LogP contribution >= 0.6 is 0 Å². The maximum absolute atomic E-state index is 12.9. The number of non-ortho nitro benzene ring substituents is 1. The van der Waals surface area contributed by atoms with Crippen LogP contribution in [-0.2, 0) is 4.74 Å². The summed E-state index contributed by atoms with van der Waals surface area (Å²) in [5.41, 5.74) is 1.55. The summed E-state index contributed by atoms with van der Waals surface area (Å²) in [6.07, 6.45) is 0. The normalized spacial score (nSPS) is 13.9. The highest BCUT2D eigenvalue weighted by Gasteiger charge is 2.17. The van der Waals surface area contributed by atoms with Crippen LogP contribution in [0, 0.1) is 10.1 Å². The van der Waals surface area contributed by atoms with Crippen LogP contribution in [0.1, 0.15) is 20.7 Å². The number of nitrogens with zero attached hydrogens (tertiary/aromatic N) is 3. The second-order valence-corrected chi connectivity index (χ2v) is 7.60. The fourth-order valence-corrected chi connectivity index (χ4v) is 3.40. The Morgan fingerprint density at radius 3 is 2.56 bits per heavy atom. The number of nitro benzene ring substituents is 1. The van der Waals surface area contributed by atoms with Crippen LogP contribution in [0.15, 0.2) is 42.5 Å². The lowest BCUT2D eigenvalue weighted by Crippen LogP contribution is -2.41. The first-order valence-corrected chi connectivity index (χ1v) is 10.3. The number of ether oxygens (including phenoxy) is 1. The lowest BCUT2D eigenvalue weighted by Gasteiger charge is -2.26. The molecule has 0 spiro atoms. The Kier molecular flexibility index (Phi) is 7.74. The Morgan fingerprint density at radius 1 is 1.12 bits per heavy atom. The number of carbonyl (C=O) groups is 2. The van der Waals surface area contributed by atoms with Crippen LogP contribution < -0.4 is 15.5 Å². The average molecular weight is 441 g/mol. The van der Waals surface area contributed by atoms with Crippen molar-refractivity contribution < 1.29 is 19.2 Å². The molecule has 0 aliphatic carbocycles. The minimum absolute atomic E-state index is 0.160. The van der Waals surface area contributed by atoms with E-state index in [9.17, 15) is 19.7 Å². The first kappa shape index (κ1) is 23.2. The number of nitro groups is 1. The molecule has 0 atom stereocenters. The number of morpholine rings is 1. The van der Waals surface area contributed by atoms with Crippen LogP contribution in [0.2, 0.25) is 0 Å². The van der Waals surface area contributed by atoms with Crippen molar-refractivity contribution in [2.75, 3.05) is 63.7 Å². The van der Waals surface area contributed by atoms with Crippen LogP contribution in [0.5, 0.6) is 0 Å². The van der Waals surface area contributed by atoms with Crippen molar-refractivity contribution >= 4 is 28.9 Å². The van der Waals surface area contributed by atoms with Gasteiger partial charge in [0.15, 0.2) is 0 Å². The van der Waals surface area contributed by atoms with E-state index < -0.39 is 10.8 Å². The SMILES string of the molecule is CN(C)c1ccc(NC(=O)c2cccc([N+](=O)[O-])c2)cc1C(=O)NCCN1CCOCC1. The van der Waals surface area contributed by atoms with E-state index in [0.717, 1.165) is 19.6 Å². The molecule has 0 radical (unpaired) electrons. The molecule has 32 heavy (non-hydrogen) atoms. The summed E-state index contributed by atoms with van der Waals surface area (Å²) in [4.78, 5) is 39.9. The predicted octanol–water partition coefficient (Wildman–Crippen LogP) is 1.98. The van der Waals surface area contributed by atoms with Crippen LogP contribution in [0.25, 0.3) is 0 Å². The lowest BCUT2D eigenvalue weighted by molar-refractivity contribution is -0.384. The third-order valence-corrected chi connectivity index (χ3v) is 5.12. The van der Waals surface area contributed by atoms with Crippen LogP contribution in [0.4, 0.5) is 17.1 Å². The molecule has 2 aromatic rings. The molecule has 0 bridgehead atoms. The van der Waals surface area contributed by atoms with Gasteiger partial charge in [0.1, 0.15) is 0 Å². The third-order valence-electron chi connectivity index (χ3n) is 5.12. The number of anilines is 2. The van der Waals surface area contributed by atoms with E-state index in [1.54, 1.807) is 18.2 Å². The molecule has 0 aromatic heterocycles. The van der Waals surface area contributed by atoms with Gasteiger partial charge < -0.3 is 20.3 Å². The molecule has 10 nitrogen and oxygen atoms in total. The summed E-state index contributed by atoms with van der Waals surface area (Å²) in [5.74, 6) is -0.738. The maximum atomic E-state index is 12.9. The van der Waals surface area contributed by atoms with Gasteiger partial charge in [0.2, 0.25) is 0 Å². The van der Waals surface area contributed by atoms with Gasteiger partial charge in [-0.15, -0.1) is 0 Å². The molecule has 1 heterocycles. The smallest absolute Gasteiger partial charge is 0.270 e. The van der Waals surface area contributed by atoms with Crippen molar-refractivity contribution in [2.45, 2.75) is 0 Å². The van der Waals surface area contributed by atoms with Gasteiger partial charge in [0.25, 0.3) is 17.5 Å². The zero-order valence-corrected chi connectivity index (χ0v) is 18.2. The summed E-state index contributed by atoms with van der Waals surface area (Å²) in [6, 6.07) is 10.5. The van der Waals surface area contributed by atoms with E-state index in [4.69, 9.17) is 4.74 Å². The van der Waals surface area contributed by atoms with Gasteiger partial charge in [-0.3, -0.25) is 24.6 Å². The Balaban J connectivity index is 1.70. The number of nitrogens with one attached hydrogen (secondary N) is 2. The lowest BCUT2D eigenvalue weighted by atomic mass is 10.1. The topological polar surface area (TPSA) is 117 Å². The van der Waals surface area contributed by atoms with Gasteiger partial charge in [-0.2, -0.15) is 0 Å². The number of benzene rings is 2. The highest BCUT2D eigenvalue weighted by atomic mass is 16.6. The van der Waals surface area contributed by atoms with Gasteiger partial charge in [0, 0.05) is 69.3 Å². The molecule has 1 aliphatic heterocycles. The molecule has 170 valence electrons. The van der Waals surface area contributed by atoms with Crippen molar-refractivity contribution in [3.05, 3.63) is 63.7 Å². The van der Waals surface area contributed by atoms with E-state index in [1.165, 1.54) is 24.3 Å². The Hall–Kier alpha value is -3.50. The molecular weight excluding hydrogens is 414 g/mol. The molecule has 0 saturated carbocycles. The van der Waals surface area contributed by atoms with E-state index in [2.05, 4.69) is 15.5 Å². The predicted molar refractivity (Wildman–Crippen MR) is 121 cm³/mol. The van der Waals surface area contributed by atoms with Crippen molar-refractivity contribution in [1.29, 1.82) is 0 Å². The summed E-state index contributed by atoms with van der Waals surface area (Å²) in [5, 5.41) is 16.6. The molecule has 2 N–H and O–H groups in total. The summed E-state index contributed by atoms with van der Waals surface area (Å²) >= 11 is 0. The molecule has 1 aliphatic rings. The monoisotopic (exact) mass is 441 g/mol. The molecule has 1 fully saturated rings. The highest BCUT2D eigenvalue weighted by Crippen LogP contribution is 2.24. The Labute approximate surface area is 186 Å². The largest absolute Gasteiger partial charge is 0.379 e. The van der Waals surface area contributed by atoms with E-state index >= 15 is 0 Å². The number of carbonyl (C=O) groups excluding carboxylic acids is 2. The van der Waals surface area contributed by atoms with Crippen molar-refractivity contribution in [1.82, 2.24) is 10.2 Å². The molecule has 2 aromatic carbocycles. The van der Waals surface area contributed by atoms with E-state index in [0.29, 0.717) is 36.7 Å². The first-order valence-electron chi connectivity index (χ1n) is 10.3. The molecule has 1 saturated heterocycles.